The minimum Gasteiger partial charge on any atom is -0.503 e. The molecule has 0 bridgehead atoms. The molecule has 0 saturated carbocycles. The molecule has 3 aromatic carbocycles. The van der Waals surface area contributed by atoms with Gasteiger partial charge in [-0.05, 0) is 80.6 Å². The Morgan fingerprint density at radius 3 is 2.11 bits per heavy atom. The van der Waals surface area contributed by atoms with Crippen molar-refractivity contribution in [2.75, 3.05) is 22.9 Å². The molecular formula is C31H34N2O3. The Bertz CT molecular complexity index is 1250. The molecule has 0 radical (unpaired) electrons. The molecule has 3 aromatic rings. The fourth-order valence-electron chi connectivity index (χ4n) is 5.05. The Kier molecular flexibility index (Phi) is 7.58. The van der Waals surface area contributed by atoms with E-state index in [-0.39, 0.29) is 17.8 Å². The van der Waals surface area contributed by atoms with E-state index in [1.165, 1.54) is 0 Å². The van der Waals surface area contributed by atoms with Crippen molar-refractivity contribution in [3.63, 3.8) is 0 Å². The van der Waals surface area contributed by atoms with Crippen molar-refractivity contribution in [3.8, 4) is 0 Å². The Labute approximate surface area is 213 Å². The molecule has 186 valence electrons. The SMILES string of the molecule is CCN(CC)c1ccc(C2C(C(=O)CCc3ccccc3)=C(O)C(=O)N2c2cc(C)cc(C)c2)cc1. The van der Waals surface area contributed by atoms with Crippen molar-refractivity contribution in [2.45, 2.75) is 46.6 Å². The van der Waals surface area contributed by atoms with Gasteiger partial charge in [-0.3, -0.25) is 14.5 Å². The minimum absolute atomic E-state index is 0.172. The van der Waals surface area contributed by atoms with Gasteiger partial charge in [-0.15, -0.1) is 0 Å². The number of aliphatic hydroxyl groups excluding tert-OH is 1. The van der Waals surface area contributed by atoms with Gasteiger partial charge in [-0.25, -0.2) is 0 Å². The molecule has 0 saturated heterocycles. The van der Waals surface area contributed by atoms with Crippen LogP contribution in [0.2, 0.25) is 0 Å². The second-order valence-electron chi connectivity index (χ2n) is 9.36. The van der Waals surface area contributed by atoms with Crippen LogP contribution in [0.3, 0.4) is 0 Å². The van der Waals surface area contributed by atoms with Crippen LogP contribution in [-0.4, -0.2) is 29.9 Å². The molecule has 1 atom stereocenters. The number of ketones is 1. The van der Waals surface area contributed by atoms with Crippen LogP contribution in [0.4, 0.5) is 11.4 Å². The summed E-state index contributed by atoms with van der Waals surface area (Å²) in [5.41, 5.74) is 5.79. The fourth-order valence-corrected chi connectivity index (χ4v) is 5.05. The summed E-state index contributed by atoms with van der Waals surface area (Å²) in [5.74, 6) is -1.21. The van der Waals surface area contributed by atoms with E-state index in [1.54, 1.807) is 4.90 Å². The van der Waals surface area contributed by atoms with Crippen molar-refractivity contribution in [1.29, 1.82) is 0 Å². The molecule has 0 fully saturated rings. The molecule has 5 heteroatoms. The quantitative estimate of drug-likeness (QED) is 0.392. The molecular weight excluding hydrogens is 448 g/mol. The van der Waals surface area contributed by atoms with Gasteiger partial charge in [0.1, 0.15) is 0 Å². The molecule has 36 heavy (non-hydrogen) atoms. The van der Waals surface area contributed by atoms with E-state index in [9.17, 15) is 14.7 Å². The number of hydrogen-bond acceptors (Lipinski definition) is 4. The standard InChI is InChI=1S/C31H34N2O3/c1-5-32(6-2)25-15-13-24(14-16-25)29-28(27(34)17-12-23-10-8-7-9-11-23)30(35)31(36)33(29)26-19-21(3)18-22(4)20-26/h7-11,13-16,18-20,29,35H,5-6,12,17H2,1-4H3. The van der Waals surface area contributed by atoms with Crippen LogP contribution in [0, 0.1) is 13.8 Å². The summed E-state index contributed by atoms with van der Waals surface area (Å²) < 4.78 is 0. The first-order valence-electron chi connectivity index (χ1n) is 12.6. The van der Waals surface area contributed by atoms with Crippen molar-refractivity contribution in [2.24, 2.45) is 0 Å². The van der Waals surface area contributed by atoms with Gasteiger partial charge in [-0.1, -0.05) is 48.5 Å². The second kappa shape index (κ2) is 10.8. The maximum atomic E-state index is 13.5. The number of hydrogen-bond donors (Lipinski definition) is 1. The molecule has 1 amide bonds. The van der Waals surface area contributed by atoms with Crippen molar-refractivity contribution < 1.29 is 14.7 Å². The summed E-state index contributed by atoms with van der Waals surface area (Å²) in [6, 6.07) is 22.9. The zero-order valence-electron chi connectivity index (χ0n) is 21.5. The monoisotopic (exact) mass is 482 g/mol. The Balaban J connectivity index is 1.75. The van der Waals surface area contributed by atoms with Crippen LogP contribution in [0.5, 0.6) is 0 Å². The normalized spacial score (nSPS) is 15.5. The zero-order valence-corrected chi connectivity index (χ0v) is 21.5. The van der Waals surface area contributed by atoms with E-state index in [0.717, 1.165) is 41.0 Å². The van der Waals surface area contributed by atoms with E-state index in [1.807, 2.05) is 86.6 Å². The average Bonchev–Trinajstić information content (AvgIpc) is 3.14. The lowest BCUT2D eigenvalue weighted by atomic mass is 9.92. The molecule has 0 aliphatic carbocycles. The summed E-state index contributed by atoms with van der Waals surface area (Å²) >= 11 is 0. The van der Waals surface area contributed by atoms with E-state index >= 15 is 0 Å². The van der Waals surface area contributed by atoms with Crippen LogP contribution in [0.15, 0.2) is 84.1 Å². The van der Waals surface area contributed by atoms with E-state index < -0.39 is 17.7 Å². The van der Waals surface area contributed by atoms with Gasteiger partial charge < -0.3 is 10.0 Å². The lowest BCUT2D eigenvalue weighted by Crippen LogP contribution is -2.31. The number of anilines is 2. The number of amides is 1. The third-order valence-electron chi connectivity index (χ3n) is 6.81. The summed E-state index contributed by atoms with van der Waals surface area (Å²) in [5, 5.41) is 11.0. The smallest absolute Gasteiger partial charge is 0.294 e. The molecule has 4 rings (SSSR count). The molecule has 0 aromatic heterocycles. The van der Waals surface area contributed by atoms with Crippen LogP contribution in [0.1, 0.15) is 48.6 Å². The first-order valence-corrected chi connectivity index (χ1v) is 12.6. The highest BCUT2D eigenvalue weighted by molar-refractivity contribution is 6.16. The highest BCUT2D eigenvalue weighted by atomic mass is 16.3. The number of rotatable bonds is 9. The third-order valence-corrected chi connectivity index (χ3v) is 6.81. The van der Waals surface area contributed by atoms with Crippen molar-refractivity contribution in [1.82, 2.24) is 0 Å². The number of benzene rings is 3. The van der Waals surface area contributed by atoms with Gasteiger partial charge in [0.2, 0.25) is 0 Å². The second-order valence-corrected chi connectivity index (χ2v) is 9.36. The fraction of sp³-hybridized carbons (Fsp3) is 0.290. The molecule has 1 unspecified atom stereocenters. The predicted octanol–water partition coefficient (Wildman–Crippen LogP) is 6.25. The van der Waals surface area contributed by atoms with E-state index in [2.05, 4.69) is 18.7 Å². The number of Topliss-reactive ketones (excluding diaryl/α,β-unsaturated/α-hetero) is 1. The number of aryl methyl sites for hydroxylation is 3. The summed E-state index contributed by atoms with van der Waals surface area (Å²) in [4.78, 5) is 30.8. The molecule has 0 spiro atoms. The average molecular weight is 483 g/mol. The number of carbonyl (C=O) groups excluding carboxylic acids is 2. The van der Waals surface area contributed by atoms with Crippen molar-refractivity contribution >= 4 is 23.1 Å². The molecule has 1 heterocycles. The van der Waals surface area contributed by atoms with Crippen LogP contribution in [-0.2, 0) is 16.0 Å². The zero-order chi connectivity index (χ0) is 25.8. The number of aliphatic hydroxyl groups is 1. The van der Waals surface area contributed by atoms with Gasteiger partial charge in [0.05, 0.1) is 11.6 Å². The molecule has 5 nitrogen and oxygen atoms in total. The largest absolute Gasteiger partial charge is 0.503 e. The molecule has 1 aliphatic heterocycles. The highest BCUT2D eigenvalue weighted by Gasteiger charge is 2.44. The van der Waals surface area contributed by atoms with Crippen molar-refractivity contribution in [3.05, 3.63) is 106 Å². The van der Waals surface area contributed by atoms with Crippen LogP contribution < -0.4 is 9.80 Å². The first-order chi connectivity index (χ1) is 17.3. The Hall–Kier alpha value is -3.86. The predicted molar refractivity (Wildman–Crippen MR) is 146 cm³/mol. The lowest BCUT2D eigenvalue weighted by molar-refractivity contribution is -0.118. The molecule has 1 aliphatic rings. The lowest BCUT2D eigenvalue weighted by Gasteiger charge is -2.28. The van der Waals surface area contributed by atoms with Crippen LogP contribution in [0.25, 0.3) is 0 Å². The van der Waals surface area contributed by atoms with Gasteiger partial charge >= 0.3 is 0 Å². The van der Waals surface area contributed by atoms with Gasteiger partial charge in [-0.2, -0.15) is 0 Å². The van der Waals surface area contributed by atoms with Gasteiger partial charge in [0.15, 0.2) is 11.5 Å². The Morgan fingerprint density at radius 2 is 1.53 bits per heavy atom. The number of carbonyl (C=O) groups is 2. The van der Waals surface area contributed by atoms with Gasteiger partial charge in [0, 0.05) is 30.9 Å². The van der Waals surface area contributed by atoms with E-state index in [0.29, 0.717) is 12.1 Å². The third kappa shape index (κ3) is 5.06. The summed E-state index contributed by atoms with van der Waals surface area (Å²) in [6.07, 6.45) is 0.757. The first kappa shape index (κ1) is 25.2. The van der Waals surface area contributed by atoms with E-state index in [4.69, 9.17) is 0 Å². The molecule has 1 N–H and O–H groups in total. The Morgan fingerprint density at radius 1 is 0.917 bits per heavy atom. The van der Waals surface area contributed by atoms with Crippen LogP contribution >= 0.6 is 0 Å². The summed E-state index contributed by atoms with van der Waals surface area (Å²) in [7, 11) is 0. The topological polar surface area (TPSA) is 60.9 Å². The van der Waals surface area contributed by atoms with Gasteiger partial charge in [0.25, 0.3) is 5.91 Å². The maximum Gasteiger partial charge on any atom is 0.294 e. The maximum absolute atomic E-state index is 13.5. The highest BCUT2D eigenvalue weighted by Crippen LogP contribution is 2.42. The number of nitrogens with zero attached hydrogens (tertiary/aromatic N) is 2. The summed E-state index contributed by atoms with van der Waals surface area (Å²) in [6.45, 7) is 9.94. The minimum atomic E-state index is -0.687.